The van der Waals surface area contributed by atoms with Gasteiger partial charge in [0.15, 0.2) is 0 Å². The van der Waals surface area contributed by atoms with Gasteiger partial charge >= 0.3 is 0 Å². The highest BCUT2D eigenvalue weighted by Crippen LogP contribution is 2.07. The third-order valence-corrected chi connectivity index (χ3v) is 3.15. The Labute approximate surface area is 108 Å². The SMILES string of the molecule is Cc1ccccc1C(=O)NCCC1CNCCO1. The number of morpholine rings is 1. The minimum Gasteiger partial charge on any atom is -0.376 e. The molecule has 1 fully saturated rings. The van der Waals surface area contributed by atoms with Crippen molar-refractivity contribution in [3.8, 4) is 0 Å². The van der Waals surface area contributed by atoms with E-state index in [1.165, 1.54) is 0 Å². The van der Waals surface area contributed by atoms with Gasteiger partial charge in [0.2, 0.25) is 0 Å². The van der Waals surface area contributed by atoms with E-state index in [-0.39, 0.29) is 12.0 Å². The molecule has 1 atom stereocenters. The average molecular weight is 248 g/mol. The zero-order chi connectivity index (χ0) is 12.8. The Morgan fingerprint density at radius 3 is 3.06 bits per heavy atom. The van der Waals surface area contributed by atoms with Crippen molar-refractivity contribution in [1.29, 1.82) is 0 Å². The zero-order valence-electron chi connectivity index (χ0n) is 10.7. The number of ether oxygens (including phenoxy) is 1. The van der Waals surface area contributed by atoms with Crippen LogP contribution in [0, 0.1) is 6.92 Å². The summed E-state index contributed by atoms with van der Waals surface area (Å²) in [6, 6.07) is 7.62. The first-order valence-electron chi connectivity index (χ1n) is 6.43. The van der Waals surface area contributed by atoms with Crippen LogP contribution in [0.1, 0.15) is 22.3 Å². The average Bonchev–Trinajstić information content (AvgIpc) is 2.40. The van der Waals surface area contributed by atoms with Gasteiger partial charge in [-0.25, -0.2) is 0 Å². The number of rotatable bonds is 4. The Hall–Kier alpha value is -1.39. The number of hydrogen-bond donors (Lipinski definition) is 2. The molecule has 1 amide bonds. The second-order valence-corrected chi connectivity index (χ2v) is 4.56. The van der Waals surface area contributed by atoms with Gasteiger partial charge in [-0.2, -0.15) is 0 Å². The minimum atomic E-state index is -0.00290. The lowest BCUT2D eigenvalue weighted by Crippen LogP contribution is -2.40. The lowest BCUT2D eigenvalue weighted by molar-refractivity contribution is 0.0239. The molecule has 1 saturated heterocycles. The third-order valence-electron chi connectivity index (χ3n) is 3.15. The first-order chi connectivity index (χ1) is 8.77. The van der Waals surface area contributed by atoms with Gasteiger partial charge in [-0.1, -0.05) is 18.2 Å². The van der Waals surface area contributed by atoms with Crippen LogP contribution >= 0.6 is 0 Å². The van der Waals surface area contributed by atoms with E-state index in [0.29, 0.717) is 6.54 Å². The van der Waals surface area contributed by atoms with Gasteiger partial charge in [0, 0.05) is 25.2 Å². The van der Waals surface area contributed by atoms with Gasteiger partial charge in [0.1, 0.15) is 0 Å². The Morgan fingerprint density at radius 1 is 1.50 bits per heavy atom. The van der Waals surface area contributed by atoms with E-state index < -0.39 is 0 Å². The second kappa shape index (κ2) is 6.52. The molecule has 1 aliphatic heterocycles. The summed E-state index contributed by atoms with van der Waals surface area (Å²) < 4.78 is 5.58. The highest BCUT2D eigenvalue weighted by atomic mass is 16.5. The maximum Gasteiger partial charge on any atom is 0.251 e. The highest BCUT2D eigenvalue weighted by molar-refractivity contribution is 5.95. The molecule has 1 heterocycles. The van der Waals surface area contributed by atoms with Crippen molar-refractivity contribution in [1.82, 2.24) is 10.6 Å². The monoisotopic (exact) mass is 248 g/mol. The maximum absolute atomic E-state index is 11.9. The molecule has 18 heavy (non-hydrogen) atoms. The van der Waals surface area contributed by atoms with Crippen LogP contribution in [0.3, 0.4) is 0 Å². The molecule has 0 saturated carbocycles. The molecule has 98 valence electrons. The van der Waals surface area contributed by atoms with Crippen LogP contribution in [0.2, 0.25) is 0 Å². The van der Waals surface area contributed by atoms with Crippen molar-refractivity contribution in [3.05, 3.63) is 35.4 Å². The molecule has 2 rings (SSSR count). The number of aryl methyl sites for hydroxylation is 1. The van der Waals surface area contributed by atoms with Gasteiger partial charge < -0.3 is 15.4 Å². The van der Waals surface area contributed by atoms with Crippen molar-refractivity contribution < 1.29 is 9.53 Å². The van der Waals surface area contributed by atoms with Gasteiger partial charge in [0.25, 0.3) is 5.91 Å². The molecule has 4 heteroatoms. The lowest BCUT2D eigenvalue weighted by Gasteiger charge is -2.23. The fourth-order valence-electron chi connectivity index (χ4n) is 2.07. The van der Waals surface area contributed by atoms with Crippen molar-refractivity contribution in [3.63, 3.8) is 0 Å². The third kappa shape index (κ3) is 3.55. The van der Waals surface area contributed by atoms with Crippen LogP contribution in [0.15, 0.2) is 24.3 Å². The molecule has 1 unspecified atom stereocenters. The van der Waals surface area contributed by atoms with Crippen LogP contribution in [0.4, 0.5) is 0 Å². The second-order valence-electron chi connectivity index (χ2n) is 4.56. The van der Waals surface area contributed by atoms with E-state index in [4.69, 9.17) is 4.74 Å². The summed E-state index contributed by atoms with van der Waals surface area (Å²) in [4.78, 5) is 11.9. The van der Waals surface area contributed by atoms with E-state index in [2.05, 4.69) is 10.6 Å². The first kappa shape index (κ1) is 13.1. The van der Waals surface area contributed by atoms with Gasteiger partial charge in [-0.3, -0.25) is 4.79 Å². The molecule has 1 aliphatic rings. The molecule has 0 spiro atoms. The Bertz CT molecular complexity index is 401. The summed E-state index contributed by atoms with van der Waals surface area (Å²) in [7, 11) is 0. The molecular formula is C14H20N2O2. The molecule has 0 aliphatic carbocycles. The fraction of sp³-hybridized carbons (Fsp3) is 0.500. The zero-order valence-corrected chi connectivity index (χ0v) is 10.7. The van der Waals surface area contributed by atoms with Crippen LogP contribution in [-0.2, 0) is 4.74 Å². The summed E-state index contributed by atoms with van der Waals surface area (Å²) >= 11 is 0. The standard InChI is InChI=1S/C14H20N2O2/c1-11-4-2-3-5-13(11)14(17)16-7-6-12-10-15-8-9-18-12/h2-5,12,15H,6-10H2,1H3,(H,16,17). The van der Waals surface area contributed by atoms with Crippen LogP contribution < -0.4 is 10.6 Å². The lowest BCUT2D eigenvalue weighted by atomic mass is 10.1. The molecule has 0 aromatic heterocycles. The van der Waals surface area contributed by atoms with Gasteiger partial charge in [-0.05, 0) is 25.0 Å². The number of benzene rings is 1. The van der Waals surface area contributed by atoms with E-state index in [1.807, 2.05) is 31.2 Å². The molecule has 1 aromatic carbocycles. The molecule has 0 radical (unpaired) electrons. The van der Waals surface area contributed by atoms with Crippen LogP contribution in [-0.4, -0.2) is 38.3 Å². The highest BCUT2D eigenvalue weighted by Gasteiger charge is 2.14. The number of hydrogen-bond acceptors (Lipinski definition) is 3. The smallest absolute Gasteiger partial charge is 0.251 e. The summed E-state index contributed by atoms with van der Waals surface area (Å²) in [6.45, 7) is 5.16. The largest absolute Gasteiger partial charge is 0.376 e. The van der Waals surface area contributed by atoms with E-state index in [0.717, 1.165) is 37.2 Å². The van der Waals surface area contributed by atoms with Crippen molar-refractivity contribution in [2.75, 3.05) is 26.2 Å². The number of amides is 1. The first-order valence-corrected chi connectivity index (χ1v) is 6.43. The molecule has 4 nitrogen and oxygen atoms in total. The predicted octanol–water partition coefficient (Wildman–Crippen LogP) is 1.10. The summed E-state index contributed by atoms with van der Waals surface area (Å²) in [6.07, 6.45) is 1.07. The van der Waals surface area contributed by atoms with Crippen LogP contribution in [0.25, 0.3) is 0 Å². The quantitative estimate of drug-likeness (QED) is 0.839. The van der Waals surface area contributed by atoms with Crippen LogP contribution in [0.5, 0.6) is 0 Å². The van der Waals surface area contributed by atoms with E-state index in [1.54, 1.807) is 0 Å². The maximum atomic E-state index is 11.9. The topological polar surface area (TPSA) is 50.4 Å². The minimum absolute atomic E-state index is 0.00290. The molecule has 2 N–H and O–H groups in total. The summed E-state index contributed by atoms with van der Waals surface area (Å²) in [5, 5.41) is 6.22. The van der Waals surface area contributed by atoms with E-state index in [9.17, 15) is 4.79 Å². The summed E-state index contributed by atoms with van der Waals surface area (Å²) in [5.41, 5.74) is 1.76. The van der Waals surface area contributed by atoms with Crippen molar-refractivity contribution in [2.45, 2.75) is 19.4 Å². The van der Waals surface area contributed by atoms with Crippen molar-refractivity contribution in [2.24, 2.45) is 0 Å². The molecular weight excluding hydrogens is 228 g/mol. The Balaban J connectivity index is 1.76. The number of nitrogens with one attached hydrogen (secondary N) is 2. The number of carbonyl (C=O) groups is 1. The predicted molar refractivity (Wildman–Crippen MR) is 70.7 cm³/mol. The normalized spacial score (nSPS) is 19.5. The number of carbonyl (C=O) groups excluding carboxylic acids is 1. The fourth-order valence-corrected chi connectivity index (χ4v) is 2.07. The van der Waals surface area contributed by atoms with Gasteiger partial charge in [0.05, 0.1) is 12.7 Å². The summed E-state index contributed by atoms with van der Waals surface area (Å²) in [5.74, 6) is -0.00290. The Kier molecular flexibility index (Phi) is 4.73. The molecule has 0 bridgehead atoms. The van der Waals surface area contributed by atoms with Gasteiger partial charge in [-0.15, -0.1) is 0 Å². The van der Waals surface area contributed by atoms with E-state index >= 15 is 0 Å². The Morgan fingerprint density at radius 2 is 2.33 bits per heavy atom. The van der Waals surface area contributed by atoms with Crippen molar-refractivity contribution >= 4 is 5.91 Å². The molecule has 1 aromatic rings.